The van der Waals surface area contributed by atoms with E-state index in [-0.39, 0.29) is 35.3 Å². The Balaban J connectivity index is 1.31. The number of aromatic nitrogens is 1. The third-order valence-corrected chi connectivity index (χ3v) is 9.17. The van der Waals surface area contributed by atoms with Crippen molar-refractivity contribution in [3.63, 3.8) is 0 Å². The topological polar surface area (TPSA) is 150 Å². The molecule has 0 radical (unpaired) electrons. The molecule has 0 spiro atoms. The predicted molar refractivity (Wildman–Crippen MR) is 174 cm³/mol. The van der Waals surface area contributed by atoms with Gasteiger partial charge in [-0.1, -0.05) is 12.1 Å². The molecule has 1 saturated carbocycles. The maximum absolute atomic E-state index is 14.1. The minimum atomic E-state index is -1.08. The second-order valence-corrected chi connectivity index (χ2v) is 13.4. The van der Waals surface area contributed by atoms with Crippen LogP contribution in [-0.2, 0) is 14.3 Å². The quantitative estimate of drug-likeness (QED) is 0.226. The summed E-state index contributed by atoms with van der Waals surface area (Å²) in [5, 5.41) is 15.6. The number of nitrogens with zero attached hydrogens (tertiary/aromatic N) is 1. The van der Waals surface area contributed by atoms with E-state index in [9.17, 15) is 28.7 Å². The molecule has 2 aromatic carbocycles. The van der Waals surface area contributed by atoms with Crippen LogP contribution in [0.15, 0.2) is 48.5 Å². The van der Waals surface area contributed by atoms with Gasteiger partial charge in [0.15, 0.2) is 0 Å². The Bertz CT molecular complexity index is 1610. The van der Waals surface area contributed by atoms with Crippen molar-refractivity contribution < 1.29 is 38.1 Å². The molecule has 3 amide bonds. The fourth-order valence-corrected chi connectivity index (χ4v) is 6.85. The van der Waals surface area contributed by atoms with Crippen LogP contribution >= 0.6 is 0 Å². The number of alkyl carbamates (subject to hydrolysis) is 1. The number of amides is 3. The van der Waals surface area contributed by atoms with E-state index in [4.69, 9.17) is 9.47 Å². The summed E-state index contributed by atoms with van der Waals surface area (Å²) in [6.45, 7) is 4.91. The number of hydrogen-bond donors (Lipinski definition) is 4. The number of H-pyrrole nitrogens is 1. The Kier molecular flexibility index (Phi) is 10.1. The highest BCUT2D eigenvalue weighted by Crippen LogP contribution is 2.39. The molecule has 0 bridgehead atoms. The molecule has 3 aromatic rings. The van der Waals surface area contributed by atoms with E-state index in [2.05, 4.69) is 15.6 Å². The number of likely N-dealkylation sites (tertiary alicyclic amines) is 1. The first-order valence-corrected chi connectivity index (χ1v) is 16.0. The van der Waals surface area contributed by atoms with Crippen molar-refractivity contribution in [3.8, 4) is 5.75 Å². The molecule has 252 valence electrons. The van der Waals surface area contributed by atoms with Crippen LogP contribution in [-0.4, -0.2) is 76.9 Å². The molecule has 2 fully saturated rings. The first-order valence-electron chi connectivity index (χ1n) is 16.0. The summed E-state index contributed by atoms with van der Waals surface area (Å²) < 4.78 is 24.6. The van der Waals surface area contributed by atoms with Gasteiger partial charge in [0, 0.05) is 35.0 Å². The van der Waals surface area contributed by atoms with E-state index in [0.29, 0.717) is 61.0 Å². The molecule has 2 heterocycles. The van der Waals surface area contributed by atoms with Crippen LogP contribution in [0.1, 0.15) is 74.8 Å². The van der Waals surface area contributed by atoms with Gasteiger partial charge in [-0.25, -0.2) is 14.0 Å². The summed E-state index contributed by atoms with van der Waals surface area (Å²) in [4.78, 5) is 56.3. The molecule has 0 unspecified atom stereocenters. The van der Waals surface area contributed by atoms with Gasteiger partial charge in [-0.05, 0) is 101 Å². The summed E-state index contributed by atoms with van der Waals surface area (Å²) >= 11 is 0. The SMILES string of the molecule is COc1ccc([C@H]2CCN(C(=O)C3CCC([C@@H](CF)NC(=O)OC(C)(C)C)CC3)[C@H]2C(=O)Nc2ccc3[nH]c(C(=O)O)cc3c2)cc1. The molecule has 2 aliphatic rings. The number of carboxylic acid groups (broad SMARTS) is 1. The number of rotatable bonds is 9. The van der Waals surface area contributed by atoms with Gasteiger partial charge in [-0.3, -0.25) is 9.59 Å². The highest BCUT2D eigenvalue weighted by atomic mass is 19.1. The Hall–Kier alpha value is -4.61. The number of benzene rings is 2. The highest BCUT2D eigenvalue weighted by Gasteiger charge is 2.45. The first-order chi connectivity index (χ1) is 22.4. The number of nitrogens with one attached hydrogen (secondary N) is 3. The summed E-state index contributed by atoms with van der Waals surface area (Å²) in [7, 11) is 1.58. The third-order valence-electron chi connectivity index (χ3n) is 9.17. The summed E-state index contributed by atoms with van der Waals surface area (Å²) in [5.74, 6) is -1.56. The average Bonchev–Trinajstić information content (AvgIpc) is 3.68. The first kappa shape index (κ1) is 33.7. The molecule has 5 rings (SSSR count). The van der Waals surface area contributed by atoms with Crippen molar-refractivity contribution in [1.82, 2.24) is 15.2 Å². The maximum atomic E-state index is 14.1. The molecular formula is C35H43FN4O7. The lowest BCUT2D eigenvalue weighted by molar-refractivity contribution is -0.141. The van der Waals surface area contributed by atoms with Crippen molar-refractivity contribution in [2.75, 3.05) is 25.6 Å². The van der Waals surface area contributed by atoms with Crippen LogP contribution in [0.5, 0.6) is 5.75 Å². The van der Waals surface area contributed by atoms with Crippen molar-refractivity contribution in [3.05, 3.63) is 59.8 Å². The van der Waals surface area contributed by atoms with Gasteiger partial charge in [0.2, 0.25) is 11.8 Å². The monoisotopic (exact) mass is 650 g/mol. The molecule has 47 heavy (non-hydrogen) atoms. The second-order valence-electron chi connectivity index (χ2n) is 13.4. The third kappa shape index (κ3) is 7.86. The fourth-order valence-electron chi connectivity index (χ4n) is 6.85. The number of ether oxygens (including phenoxy) is 2. The number of halogens is 1. The zero-order chi connectivity index (χ0) is 33.9. The van der Waals surface area contributed by atoms with E-state index in [0.717, 1.165) is 5.56 Å². The zero-order valence-electron chi connectivity index (χ0n) is 27.2. The smallest absolute Gasteiger partial charge is 0.407 e. The molecule has 3 atom stereocenters. The van der Waals surface area contributed by atoms with Crippen LogP contribution in [0.2, 0.25) is 0 Å². The van der Waals surface area contributed by atoms with Gasteiger partial charge in [-0.2, -0.15) is 0 Å². The van der Waals surface area contributed by atoms with E-state index >= 15 is 0 Å². The number of hydrogen-bond acceptors (Lipinski definition) is 6. The van der Waals surface area contributed by atoms with Gasteiger partial charge >= 0.3 is 12.1 Å². The summed E-state index contributed by atoms with van der Waals surface area (Å²) in [6, 6.07) is 12.6. The number of aromatic amines is 1. The van der Waals surface area contributed by atoms with E-state index < -0.39 is 36.4 Å². The van der Waals surface area contributed by atoms with Gasteiger partial charge in [0.05, 0.1) is 13.2 Å². The van der Waals surface area contributed by atoms with E-state index in [1.807, 2.05) is 24.3 Å². The van der Waals surface area contributed by atoms with Crippen molar-refractivity contribution in [2.45, 2.75) is 76.5 Å². The van der Waals surface area contributed by atoms with Crippen LogP contribution in [0.3, 0.4) is 0 Å². The highest BCUT2D eigenvalue weighted by molar-refractivity contribution is 6.01. The maximum Gasteiger partial charge on any atom is 0.407 e. The lowest BCUT2D eigenvalue weighted by atomic mass is 9.78. The molecule has 1 aliphatic carbocycles. The largest absolute Gasteiger partial charge is 0.497 e. The number of carboxylic acids is 1. The Morgan fingerprint density at radius 1 is 1.02 bits per heavy atom. The second kappa shape index (κ2) is 14.0. The van der Waals surface area contributed by atoms with Gasteiger partial charge in [-0.15, -0.1) is 0 Å². The number of fused-ring (bicyclic) bond motifs is 1. The predicted octanol–water partition coefficient (Wildman–Crippen LogP) is 5.87. The van der Waals surface area contributed by atoms with Crippen molar-refractivity contribution >= 4 is 40.5 Å². The standard InChI is InChI=1S/C35H43FN4O7/c1-35(2,3)47-34(45)39-29(19-36)21-5-7-22(8-6-21)32(42)40-16-15-26(20-9-12-25(46-4)13-10-20)30(40)31(41)37-24-11-14-27-23(17-24)18-28(38-27)33(43)44/h9-14,17-18,21-22,26,29-30,38H,5-8,15-16,19H2,1-4H3,(H,37,41)(H,39,45)(H,43,44)/t21?,22?,26-,29-,30-/m1/s1. The molecular weight excluding hydrogens is 607 g/mol. The number of aromatic carboxylic acids is 1. The van der Waals surface area contributed by atoms with Crippen LogP contribution < -0.4 is 15.4 Å². The number of carbonyl (C=O) groups is 4. The van der Waals surface area contributed by atoms with E-state index in [1.165, 1.54) is 6.07 Å². The number of anilines is 1. The molecule has 12 heteroatoms. The average molecular weight is 651 g/mol. The number of alkyl halides is 1. The van der Waals surface area contributed by atoms with Gasteiger partial charge < -0.3 is 35.1 Å². The Morgan fingerprint density at radius 2 is 1.72 bits per heavy atom. The zero-order valence-corrected chi connectivity index (χ0v) is 27.2. The van der Waals surface area contributed by atoms with Crippen LogP contribution in [0.4, 0.5) is 14.9 Å². The summed E-state index contributed by atoms with van der Waals surface area (Å²) in [5.41, 5.74) is 1.37. The number of methoxy groups -OCH3 is 1. The minimum absolute atomic E-state index is 0.0452. The van der Waals surface area contributed by atoms with E-state index in [1.54, 1.807) is 51.0 Å². The van der Waals surface area contributed by atoms with Gasteiger partial charge in [0.1, 0.15) is 29.8 Å². The van der Waals surface area contributed by atoms with Crippen LogP contribution in [0.25, 0.3) is 10.9 Å². The normalized spacial score (nSPS) is 22.0. The lowest BCUT2D eigenvalue weighted by Gasteiger charge is -2.36. The lowest BCUT2D eigenvalue weighted by Crippen LogP contribution is -2.49. The minimum Gasteiger partial charge on any atom is -0.497 e. The number of carbonyl (C=O) groups excluding carboxylic acids is 3. The van der Waals surface area contributed by atoms with Gasteiger partial charge in [0.25, 0.3) is 0 Å². The molecule has 1 aromatic heterocycles. The molecule has 11 nitrogen and oxygen atoms in total. The van der Waals surface area contributed by atoms with Crippen LogP contribution in [0, 0.1) is 11.8 Å². The fraction of sp³-hybridized carbons (Fsp3) is 0.486. The molecule has 1 aliphatic heterocycles. The molecule has 4 N–H and O–H groups in total. The van der Waals surface area contributed by atoms with Crippen molar-refractivity contribution in [1.29, 1.82) is 0 Å². The summed E-state index contributed by atoms with van der Waals surface area (Å²) in [6.07, 6.45) is 2.08. The Labute approximate surface area is 273 Å². The molecule has 1 saturated heterocycles. The Morgan fingerprint density at radius 3 is 2.34 bits per heavy atom. The van der Waals surface area contributed by atoms with Crippen molar-refractivity contribution in [2.24, 2.45) is 11.8 Å².